The van der Waals surface area contributed by atoms with Crippen LogP contribution in [0.15, 0.2) is 24.3 Å². The molecule has 0 bridgehead atoms. The van der Waals surface area contributed by atoms with E-state index in [0.29, 0.717) is 13.1 Å². The summed E-state index contributed by atoms with van der Waals surface area (Å²) >= 11 is 0. The molecule has 0 aliphatic carbocycles. The number of rotatable bonds is 7. The van der Waals surface area contributed by atoms with Gasteiger partial charge in [-0.25, -0.2) is 4.39 Å². The first-order valence-corrected chi connectivity index (χ1v) is 8.00. The average molecular weight is 322 g/mol. The third-order valence-corrected chi connectivity index (χ3v) is 4.08. The van der Waals surface area contributed by atoms with Crippen LogP contribution in [0.2, 0.25) is 0 Å². The first kappa shape index (κ1) is 17.4. The first-order valence-electron chi connectivity index (χ1n) is 8.00. The quantitative estimate of drug-likeness (QED) is 0.835. The molecule has 1 unspecified atom stereocenters. The summed E-state index contributed by atoms with van der Waals surface area (Å²) in [5, 5.41) is 8.99. The number of likely N-dealkylation sites (tertiary alicyclic amines) is 1. The fraction of sp³-hybridized carbons (Fsp3) is 0.529. The van der Waals surface area contributed by atoms with E-state index in [9.17, 15) is 14.0 Å². The number of hydrogen-bond donors (Lipinski definition) is 1. The Labute approximate surface area is 135 Å². The second-order valence-corrected chi connectivity index (χ2v) is 5.91. The monoisotopic (exact) mass is 322 g/mol. The summed E-state index contributed by atoms with van der Waals surface area (Å²) in [6, 6.07) is 5.98. The lowest BCUT2D eigenvalue weighted by Crippen LogP contribution is -2.47. The number of carboxylic acid groups (broad SMARTS) is 1. The van der Waals surface area contributed by atoms with Crippen molar-refractivity contribution in [3.8, 4) is 0 Å². The van der Waals surface area contributed by atoms with Crippen molar-refractivity contribution in [2.24, 2.45) is 0 Å². The Morgan fingerprint density at radius 3 is 2.65 bits per heavy atom. The second kappa shape index (κ2) is 8.06. The number of carbonyl (C=O) groups excluding carboxylic acids is 1. The van der Waals surface area contributed by atoms with Crippen LogP contribution in [0.5, 0.6) is 0 Å². The van der Waals surface area contributed by atoms with Crippen LogP contribution in [-0.2, 0) is 16.1 Å². The van der Waals surface area contributed by atoms with Crippen LogP contribution >= 0.6 is 0 Å². The lowest BCUT2D eigenvalue weighted by atomic mass is 10.1. The molecule has 1 N–H and O–H groups in total. The van der Waals surface area contributed by atoms with Crippen LogP contribution in [0.1, 0.15) is 31.7 Å². The normalized spacial score (nSPS) is 18.1. The molecule has 1 aliphatic heterocycles. The largest absolute Gasteiger partial charge is 0.480 e. The van der Waals surface area contributed by atoms with Gasteiger partial charge in [-0.2, -0.15) is 0 Å². The van der Waals surface area contributed by atoms with Crippen LogP contribution in [0.25, 0.3) is 0 Å². The van der Waals surface area contributed by atoms with Crippen LogP contribution in [0, 0.1) is 5.82 Å². The molecule has 126 valence electrons. The van der Waals surface area contributed by atoms with E-state index in [0.717, 1.165) is 31.4 Å². The predicted molar refractivity (Wildman–Crippen MR) is 84.3 cm³/mol. The summed E-state index contributed by atoms with van der Waals surface area (Å²) < 4.78 is 13.0. The molecule has 0 saturated carbocycles. The van der Waals surface area contributed by atoms with E-state index >= 15 is 0 Å². The smallest absolute Gasteiger partial charge is 0.323 e. The molecule has 1 aromatic rings. The van der Waals surface area contributed by atoms with Crippen LogP contribution < -0.4 is 0 Å². The van der Waals surface area contributed by atoms with Crippen molar-refractivity contribution in [3.05, 3.63) is 35.6 Å². The summed E-state index contributed by atoms with van der Waals surface area (Å²) in [4.78, 5) is 27.1. The Bertz CT molecular complexity index is 547. The number of nitrogens with zero attached hydrogens (tertiary/aromatic N) is 2. The lowest BCUT2D eigenvalue weighted by molar-refractivity contribution is -0.146. The highest BCUT2D eigenvalue weighted by Gasteiger charge is 2.33. The van der Waals surface area contributed by atoms with Gasteiger partial charge in [0.1, 0.15) is 12.4 Å². The van der Waals surface area contributed by atoms with Gasteiger partial charge >= 0.3 is 5.97 Å². The first-order chi connectivity index (χ1) is 11.0. The number of hydrogen-bond acceptors (Lipinski definition) is 3. The second-order valence-electron chi connectivity index (χ2n) is 5.91. The van der Waals surface area contributed by atoms with E-state index in [1.165, 1.54) is 17.0 Å². The average Bonchev–Trinajstić information content (AvgIpc) is 2.96. The highest BCUT2D eigenvalue weighted by atomic mass is 19.1. The standard InChI is InChI=1S/C17H23FN2O3/c1-2-9-20(12-16(21)22)17(23)15-4-3-10-19(15)11-13-5-7-14(18)8-6-13/h5-8,15H,2-4,9-12H2,1H3,(H,21,22). The van der Waals surface area contributed by atoms with Gasteiger partial charge in [0, 0.05) is 13.1 Å². The Balaban J connectivity index is 2.05. The van der Waals surface area contributed by atoms with Gasteiger partial charge in [0.15, 0.2) is 0 Å². The topological polar surface area (TPSA) is 60.9 Å². The molecule has 1 atom stereocenters. The lowest BCUT2D eigenvalue weighted by Gasteiger charge is -2.29. The zero-order chi connectivity index (χ0) is 16.8. The molecule has 1 fully saturated rings. The summed E-state index contributed by atoms with van der Waals surface area (Å²) in [5.41, 5.74) is 0.950. The minimum Gasteiger partial charge on any atom is -0.480 e. The molecule has 6 heteroatoms. The fourth-order valence-electron chi connectivity index (χ4n) is 3.03. The van der Waals surface area contributed by atoms with E-state index in [1.54, 1.807) is 12.1 Å². The van der Waals surface area contributed by atoms with Crippen molar-refractivity contribution < 1.29 is 19.1 Å². The summed E-state index contributed by atoms with van der Waals surface area (Å²) in [7, 11) is 0. The number of amides is 1. The van der Waals surface area contributed by atoms with Crippen LogP contribution in [0.3, 0.4) is 0 Å². The molecule has 0 radical (unpaired) electrons. The van der Waals surface area contributed by atoms with E-state index in [4.69, 9.17) is 5.11 Å². The van der Waals surface area contributed by atoms with Crippen molar-refractivity contribution in [2.45, 2.75) is 38.8 Å². The molecular formula is C17H23FN2O3. The van der Waals surface area contributed by atoms with Gasteiger partial charge in [-0.3, -0.25) is 14.5 Å². The van der Waals surface area contributed by atoms with Crippen molar-refractivity contribution in [3.63, 3.8) is 0 Å². The summed E-state index contributed by atoms with van der Waals surface area (Å²) in [6.07, 6.45) is 2.37. The highest BCUT2D eigenvalue weighted by molar-refractivity contribution is 5.85. The third kappa shape index (κ3) is 4.76. The van der Waals surface area contributed by atoms with Gasteiger partial charge in [0.25, 0.3) is 0 Å². The Kier molecular flexibility index (Phi) is 6.10. The molecular weight excluding hydrogens is 299 g/mol. The van der Waals surface area contributed by atoms with Crippen molar-refractivity contribution in [1.29, 1.82) is 0 Å². The minimum atomic E-state index is -0.991. The van der Waals surface area contributed by atoms with E-state index in [1.807, 2.05) is 6.92 Å². The van der Waals surface area contributed by atoms with Crippen molar-refractivity contribution in [2.75, 3.05) is 19.6 Å². The fourth-order valence-corrected chi connectivity index (χ4v) is 3.03. The number of aliphatic carboxylic acids is 1. The van der Waals surface area contributed by atoms with Gasteiger partial charge in [0.2, 0.25) is 5.91 Å². The molecule has 1 heterocycles. The maximum absolute atomic E-state index is 13.0. The number of carboxylic acids is 1. The molecule has 1 aromatic carbocycles. The highest BCUT2D eigenvalue weighted by Crippen LogP contribution is 2.22. The zero-order valence-electron chi connectivity index (χ0n) is 13.4. The maximum Gasteiger partial charge on any atom is 0.323 e. The Morgan fingerprint density at radius 2 is 2.04 bits per heavy atom. The third-order valence-electron chi connectivity index (χ3n) is 4.08. The van der Waals surface area contributed by atoms with Crippen molar-refractivity contribution >= 4 is 11.9 Å². The molecule has 1 saturated heterocycles. The molecule has 5 nitrogen and oxygen atoms in total. The Morgan fingerprint density at radius 1 is 1.35 bits per heavy atom. The number of benzene rings is 1. The van der Waals surface area contributed by atoms with Crippen LogP contribution in [-0.4, -0.2) is 52.5 Å². The number of carbonyl (C=O) groups is 2. The Hall–Kier alpha value is -1.95. The van der Waals surface area contributed by atoms with Gasteiger partial charge in [0.05, 0.1) is 6.04 Å². The molecule has 0 spiro atoms. The SMILES string of the molecule is CCCN(CC(=O)O)C(=O)C1CCCN1Cc1ccc(F)cc1. The molecule has 1 aliphatic rings. The predicted octanol–water partition coefficient (Wildman–Crippen LogP) is 2.11. The van der Waals surface area contributed by atoms with Gasteiger partial charge in [-0.05, 0) is 43.5 Å². The van der Waals surface area contributed by atoms with Crippen molar-refractivity contribution in [1.82, 2.24) is 9.80 Å². The number of halogens is 1. The summed E-state index contributed by atoms with van der Waals surface area (Å²) in [6.45, 7) is 3.48. The van der Waals surface area contributed by atoms with Crippen LogP contribution in [0.4, 0.5) is 4.39 Å². The minimum absolute atomic E-state index is 0.117. The summed E-state index contributed by atoms with van der Waals surface area (Å²) in [5.74, 6) is -1.39. The van der Waals surface area contributed by atoms with E-state index in [2.05, 4.69) is 4.90 Å². The van der Waals surface area contributed by atoms with Gasteiger partial charge in [-0.1, -0.05) is 19.1 Å². The molecule has 0 aromatic heterocycles. The molecule has 2 rings (SSSR count). The molecule has 23 heavy (non-hydrogen) atoms. The van der Waals surface area contributed by atoms with Gasteiger partial charge < -0.3 is 10.0 Å². The molecule has 1 amide bonds. The van der Waals surface area contributed by atoms with Gasteiger partial charge in [-0.15, -0.1) is 0 Å². The maximum atomic E-state index is 13.0. The van der Waals surface area contributed by atoms with E-state index < -0.39 is 5.97 Å². The zero-order valence-corrected chi connectivity index (χ0v) is 13.4. The van der Waals surface area contributed by atoms with E-state index in [-0.39, 0.29) is 24.3 Å².